The molecular formula is C13H21N3O2. The maximum atomic E-state index is 11.8. The Morgan fingerprint density at radius 2 is 2.50 bits per heavy atom. The van der Waals surface area contributed by atoms with Crippen molar-refractivity contribution in [2.75, 3.05) is 19.8 Å². The second-order valence-corrected chi connectivity index (χ2v) is 4.84. The van der Waals surface area contributed by atoms with Crippen LogP contribution in [-0.4, -0.2) is 35.6 Å². The van der Waals surface area contributed by atoms with E-state index in [-0.39, 0.29) is 11.6 Å². The van der Waals surface area contributed by atoms with Gasteiger partial charge in [0.15, 0.2) is 0 Å². The molecule has 0 saturated carbocycles. The van der Waals surface area contributed by atoms with Crippen LogP contribution in [0.2, 0.25) is 0 Å². The summed E-state index contributed by atoms with van der Waals surface area (Å²) >= 11 is 0. The normalized spacial score (nSPS) is 21.1. The predicted molar refractivity (Wildman–Crippen MR) is 69.6 cm³/mol. The molecule has 1 fully saturated rings. The minimum Gasteiger partial charge on any atom is -0.381 e. The number of nitrogens with one attached hydrogen (secondary N) is 1. The number of aromatic nitrogens is 2. The van der Waals surface area contributed by atoms with Crippen LogP contribution in [-0.2, 0) is 11.3 Å². The van der Waals surface area contributed by atoms with Crippen LogP contribution in [0.25, 0.3) is 0 Å². The van der Waals surface area contributed by atoms with Gasteiger partial charge in [-0.3, -0.25) is 4.79 Å². The topological polar surface area (TPSA) is 56.2 Å². The van der Waals surface area contributed by atoms with Gasteiger partial charge in [-0.05, 0) is 25.5 Å². The molecule has 5 nitrogen and oxygen atoms in total. The quantitative estimate of drug-likeness (QED) is 0.831. The van der Waals surface area contributed by atoms with Crippen molar-refractivity contribution in [3.05, 3.63) is 28.2 Å². The first kappa shape index (κ1) is 13.2. The molecule has 1 aliphatic heterocycles. The third kappa shape index (κ3) is 3.17. The monoisotopic (exact) mass is 251 g/mol. The largest absolute Gasteiger partial charge is 0.381 e. The molecule has 1 N–H and O–H groups in total. The van der Waals surface area contributed by atoms with E-state index in [4.69, 9.17) is 4.74 Å². The molecule has 2 rings (SSSR count). The number of ether oxygens (including phenoxy) is 1. The summed E-state index contributed by atoms with van der Waals surface area (Å²) in [4.78, 5) is 11.8. The Hall–Kier alpha value is -1.20. The molecule has 0 spiro atoms. The summed E-state index contributed by atoms with van der Waals surface area (Å²) in [6, 6.07) is 1.88. The SMILES string of the molecule is CCNC(Cn1ncc(C)cc1=O)C1CCOC1. The first-order chi connectivity index (χ1) is 8.70. The highest BCUT2D eigenvalue weighted by atomic mass is 16.5. The number of nitrogens with zero attached hydrogens (tertiary/aromatic N) is 2. The Morgan fingerprint density at radius 3 is 3.11 bits per heavy atom. The van der Waals surface area contributed by atoms with Gasteiger partial charge in [0.1, 0.15) is 0 Å². The Labute approximate surface area is 107 Å². The molecule has 0 bridgehead atoms. The van der Waals surface area contributed by atoms with E-state index < -0.39 is 0 Å². The van der Waals surface area contributed by atoms with E-state index in [9.17, 15) is 4.79 Å². The highest BCUT2D eigenvalue weighted by Gasteiger charge is 2.25. The van der Waals surface area contributed by atoms with Crippen LogP contribution in [0.3, 0.4) is 0 Å². The molecule has 1 aliphatic rings. The van der Waals surface area contributed by atoms with E-state index >= 15 is 0 Å². The van der Waals surface area contributed by atoms with Gasteiger partial charge >= 0.3 is 0 Å². The highest BCUT2D eigenvalue weighted by Crippen LogP contribution is 2.17. The van der Waals surface area contributed by atoms with Crippen molar-refractivity contribution in [3.63, 3.8) is 0 Å². The molecule has 0 radical (unpaired) electrons. The van der Waals surface area contributed by atoms with Crippen molar-refractivity contribution in [1.82, 2.24) is 15.1 Å². The zero-order valence-electron chi connectivity index (χ0n) is 11.1. The van der Waals surface area contributed by atoms with Gasteiger partial charge < -0.3 is 10.1 Å². The minimum absolute atomic E-state index is 0.0307. The fourth-order valence-corrected chi connectivity index (χ4v) is 2.36. The lowest BCUT2D eigenvalue weighted by molar-refractivity contribution is 0.173. The van der Waals surface area contributed by atoms with Crippen molar-refractivity contribution in [2.45, 2.75) is 32.9 Å². The lowest BCUT2D eigenvalue weighted by Gasteiger charge is -2.23. The van der Waals surface area contributed by atoms with Crippen molar-refractivity contribution in [2.24, 2.45) is 5.92 Å². The van der Waals surface area contributed by atoms with Crippen LogP contribution in [0, 0.1) is 12.8 Å². The summed E-state index contributed by atoms with van der Waals surface area (Å²) in [6.07, 6.45) is 2.79. The summed E-state index contributed by atoms with van der Waals surface area (Å²) in [6.45, 7) is 7.06. The summed E-state index contributed by atoms with van der Waals surface area (Å²) in [5.74, 6) is 0.472. The second kappa shape index (κ2) is 6.11. The van der Waals surface area contributed by atoms with Crippen LogP contribution < -0.4 is 10.9 Å². The van der Waals surface area contributed by atoms with E-state index in [1.54, 1.807) is 16.9 Å². The fourth-order valence-electron chi connectivity index (χ4n) is 2.36. The lowest BCUT2D eigenvalue weighted by Crippen LogP contribution is -2.42. The molecule has 100 valence electrons. The number of hydrogen-bond donors (Lipinski definition) is 1. The Bertz CT molecular complexity index is 438. The zero-order valence-corrected chi connectivity index (χ0v) is 11.1. The molecule has 0 aromatic carbocycles. The Balaban J connectivity index is 2.09. The van der Waals surface area contributed by atoms with Crippen molar-refractivity contribution in [1.29, 1.82) is 0 Å². The van der Waals surface area contributed by atoms with Crippen LogP contribution in [0.5, 0.6) is 0 Å². The van der Waals surface area contributed by atoms with Crippen molar-refractivity contribution < 1.29 is 4.74 Å². The molecule has 2 atom stereocenters. The van der Waals surface area contributed by atoms with Gasteiger partial charge in [0.25, 0.3) is 5.56 Å². The van der Waals surface area contributed by atoms with E-state index in [0.29, 0.717) is 12.5 Å². The molecule has 1 aromatic rings. The maximum Gasteiger partial charge on any atom is 0.267 e. The third-order valence-electron chi connectivity index (χ3n) is 3.38. The summed E-state index contributed by atoms with van der Waals surface area (Å²) in [5.41, 5.74) is 0.872. The van der Waals surface area contributed by atoms with Crippen molar-refractivity contribution >= 4 is 0 Å². The molecule has 0 aliphatic carbocycles. The van der Waals surface area contributed by atoms with Crippen LogP contribution in [0.15, 0.2) is 17.1 Å². The second-order valence-electron chi connectivity index (χ2n) is 4.84. The van der Waals surface area contributed by atoms with E-state index in [1.165, 1.54) is 0 Å². The molecule has 2 heterocycles. The Kier molecular flexibility index (Phi) is 4.49. The van der Waals surface area contributed by atoms with E-state index in [1.807, 2.05) is 6.92 Å². The summed E-state index contributed by atoms with van der Waals surface area (Å²) in [5, 5.41) is 7.63. The van der Waals surface area contributed by atoms with Crippen molar-refractivity contribution in [3.8, 4) is 0 Å². The first-order valence-electron chi connectivity index (χ1n) is 6.55. The molecular weight excluding hydrogens is 230 g/mol. The third-order valence-corrected chi connectivity index (χ3v) is 3.38. The van der Waals surface area contributed by atoms with E-state index in [0.717, 1.165) is 31.7 Å². The summed E-state index contributed by atoms with van der Waals surface area (Å²) in [7, 11) is 0. The number of aryl methyl sites for hydroxylation is 1. The molecule has 0 amide bonds. The minimum atomic E-state index is -0.0307. The summed E-state index contributed by atoms with van der Waals surface area (Å²) < 4.78 is 6.96. The van der Waals surface area contributed by atoms with Crippen LogP contribution >= 0.6 is 0 Å². The molecule has 5 heteroatoms. The van der Waals surface area contributed by atoms with Crippen LogP contribution in [0.1, 0.15) is 18.9 Å². The average molecular weight is 251 g/mol. The van der Waals surface area contributed by atoms with Gasteiger partial charge in [-0.25, -0.2) is 4.68 Å². The lowest BCUT2D eigenvalue weighted by atomic mass is 9.99. The van der Waals surface area contributed by atoms with E-state index in [2.05, 4.69) is 17.3 Å². The fraction of sp³-hybridized carbons (Fsp3) is 0.692. The molecule has 18 heavy (non-hydrogen) atoms. The highest BCUT2D eigenvalue weighted by molar-refractivity contribution is 5.02. The van der Waals surface area contributed by atoms with Crippen LogP contribution in [0.4, 0.5) is 0 Å². The average Bonchev–Trinajstić information content (AvgIpc) is 2.85. The van der Waals surface area contributed by atoms with Gasteiger partial charge in [-0.2, -0.15) is 5.10 Å². The maximum absolute atomic E-state index is 11.8. The van der Waals surface area contributed by atoms with Gasteiger partial charge in [-0.15, -0.1) is 0 Å². The van der Waals surface area contributed by atoms with Gasteiger partial charge in [0, 0.05) is 24.6 Å². The standard InChI is InChI=1S/C13H21N3O2/c1-3-14-12(11-4-5-18-9-11)8-16-13(17)6-10(2)7-15-16/h6-7,11-12,14H,3-5,8-9H2,1-2H3. The number of hydrogen-bond acceptors (Lipinski definition) is 4. The number of likely N-dealkylation sites (N-methyl/N-ethyl adjacent to an activating group) is 1. The zero-order chi connectivity index (χ0) is 13.0. The molecule has 1 saturated heterocycles. The molecule has 2 unspecified atom stereocenters. The Morgan fingerprint density at radius 1 is 1.67 bits per heavy atom. The number of rotatable bonds is 5. The first-order valence-corrected chi connectivity index (χ1v) is 6.55. The van der Waals surface area contributed by atoms with Gasteiger partial charge in [0.2, 0.25) is 0 Å². The van der Waals surface area contributed by atoms with Gasteiger partial charge in [0.05, 0.1) is 19.3 Å². The predicted octanol–water partition coefficient (Wildman–Crippen LogP) is 0.566. The van der Waals surface area contributed by atoms with Gasteiger partial charge in [-0.1, -0.05) is 6.92 Å². The molecule has 1 aromatic heterocycles. The smallest absolute Gasteiger partial charge is 0.267 e.